The highest BCUT2D eigenvalue weighted by Gasteiger charge is 2.30. The van der Waals surface area contributed by atoms with Crippen molar-refractivity contribution in [2.75, 3.05) is 6.54 Å². The summed E-state index contributed by atoms with van der Waals surface area (Å²) in [6.07, 6.45) is 2.98. The lowest BCUT2D eigenvalue weighted by atomic mass is 10.1. The predicted octanol–water partition coefficient (Wildman–Crippen LogP) is 2.90. The van der Waals surface area contributed by atoms with Crippen LogP contribution in [0.4, 0.5) is 0 Å². The molecule has 0 spiro atoms. The molecule has 5 heteroatoms. The molecule has 0 saturated carbocycles. The fraction of sp³-hybridized carbons (Fsp3) is 0.500. The summed E-state index contributed by atoms with van der Waals surface area (Å²) in [6.45, 7) is 2.58. The molecular weight excluding hydrogens is 258 g/mol. The van der Waals surface area contributed by atoms with E-state index in [0.29, 0.717) is 16.5 Å². The van der Waals surface area contributed by atoms with Gasteiger partial charge >= 0.3 is 0 Å². The van der Waals surface area contributed by atoms with Crippen LogP contribution in [0.2, 0.25) is 5.02 Å². The summed E-state index contributed by atoms with van der Waals surface area (Å²) in [7, 11) is -3.35. The lowest BCUT2D eigenvalue weighted by molar-refractivity contribution is 0.268. The minimum Gasteiger partial charge on any atom is -0.207 e. The second-order valence-corrected chi connectivity index (χ2v) is 6.74. The smallest absolute Gasteiger partial charge is 0.207 e. The molecule has 2 rings (SSSR count). The standard InChI is InChI=1S/C12H16ClNO2S/c1-10-4-2-3-9-14(10)17(15,16)12-7-5-11(13)6-8-12/h5-8,10H,2-4,9H2,1H3/t10-/m1/s1. The molecule has 1 aliphatic heterocycles. The molecule has 0 amide bonds. The van der Waals surface area contributed by atoms with Gasteiger partial charge in [0.1, 0.15) is 0 Å². The minimum absolute atomic E-state index is 0.0874. The van der Waals surface area contributed by atoms with Crippen molar-refractivity contribution in [3.63, 3.8) is 0 Å². The first kappa shape index (κ1) is 12.9. The van der Waals surface area contributed by atoms with E-state index in [2.05, 4.69) is 0 Å². The fourth-order valence-corrected chi connectivity index (χ4v) is 4.00. The molecule has 3 nitrogen and oxygen atoms in total. The summed E-state index contributed by atoms with van der Waals surface area (Å²) >= 11 is 5.77. The highest BCUT2D eigenvalue weighted by Crippen LogP contribution is 2.25. The molecule has 1 aromatic carbocycles. The Morgan fingerprint density at radius 2 is 1.88 bits per heavy atom. The zero-order valence-corrected chi connectivity index (χ0v) is 11.3. The van der Waals surface area contributed by atoms with Crippen molar-refractivity contribution >= 4 is 21.6 Å². The topological polar surface area (TPSA) is 37.4 Å². The third-order valence-electron chi connectivity index (χ3n) is 3.16. The highest BCUT2D eigenvalue weighted by molar-refractivity contribution is 7.89. The van der Waals surface area contributed by atoms with Gasteiger partial charge in [0.05, 0.1) is 4.90 Å². The Bertz CT molecular complexity index is 484. The van der Waals surface area contributed by atoms with E-state index in [1.54, 1.807) is 28.6 Å². The van der Waals surface area contributed by atoms with E-state index in [1.165, 1.54) is 0 Å². The number of hydrogen-bond donors (Lipinski definition) is 0. The molecule has 1 atom stereocenters. The summed E-state index contributed by atoms with van der Waals surface area (Å²) < 4.78 is 26.4. The van der Waals surface area contributed by atoms with Gasteiger partial charge in [-0.2, -0.15) is 4.31 Å². The van der Waals surface area contributed by atoms with E-state index in [4.69, 9.17) is 11.6 Å². The van der Waals surface area contributed by atoms with E-state index in [0.717, 1.165) is 19.3 Å². The van der Waals surface area contributed by atoms with Crippen molar-refractivity contribution in [3.8, 4) is 0 Å². The van der Waals surface area contributed by atoms with E-state index in [9.17, 15) is 8.42 Å². The zero-order chi connectivity index (χ0) is 12.5. The monoisotopic (exact) mass is 273 g/mol. The molecule has 0 bridgehead atoms. The maximum absolute atomic E-state index is 12.4. The summed E-state index contributed by atoms with van der Waals surface area (Å²) in [5.41, 5.74) is 0. The van der Waals surface area contributed by atoms with Gasteiger partial charge in [-0.3, -0.25) is 0 Å². The van der Waals surface area contributed by atoms with E-state index >= 15 is 0 Å². The third kappa shape index (κ3) is 2.64. The average molecular weight is 274 g/mol. The number of hydrogen-bond acceptors (Lipinski definition) is 2. The number of benzene rings is 1. The second kappa shape index (κ2) is 4.96. The summed E-state index contributed by atoms with van der Waals surface area (Å²) in [5.74, 6) is 0. The fourth-order valence-electron chi connectivity index (χ4n) is 2.17. The SMILES string of the molecule is C[C@@H]1CCCCN1S(=O)(=O)c1ccc(Cl)cc1. The minimum atomic E-state index is -3.35. The molecule has 1 fully saturated rings. The Hall–Kier alpha value is -0.580. The van der Waals surface area contributed by atoms with Gasteiger partial charge in [-0.1, -0.05) is 18.0 Å². The quantitative estimate of drug-likeness (QED) is 0.831. The van der Waals surface area contributed by atoms with Gasteiger partial charge < -0.3 is 0 Å². The maximum Gasteiger partial charge on any atom is 0.243 e. The lowest BCUT2D eigenvalue weighted by Gasteiger charge is -2.32. The molecule has 1 aliphatic rings. The number of nitrogens with zero attached hydrogens (tertiary/aromatic N) is 1. The molecular formula is C12H16ClNO2S. The molecule has 0 aliphatic carbocycles. The third-order valence-corrected chi connectivity index (χ3v) is 5.44. The average Bonchev–Trinajstić information content (AvgIpc) is 2.30. The van der Waals surface area contributed by atoms with Crippen LogP contribution in [0.25, 0.3) is 0 Å². The normalized spacial score (nSPS) is 22.6. The Kier molecular flexibility index (Phi) is 3.76. The van der Waals surface area contributed by atoms with Gasteiger partial charge in [-0.15, -0.1) is 0 Å². The van der Waals surface area contributed by atoms with Crippen LogP contribution < -0.4 is 0 Å². The number of halogens is 1. The van der Waals surface area contributed by atoms with Gasteiger partial charge in [0, 0.05) is 17.6 Å². The maximum atomic E-state index is 12.4. The van der Waals surface area contributed by atoms with E-state index < -0.39 is 10.0 Å². The van der Waals surface area contributed by atoms with Gasteiger partial charge in [-0.05, 0) is 44.0 Å². The van der Waals surface area contributed by atoms with E-state index in [-0.39, 0.29) is 6.04 Å². The molecule has 1 aromatic rings. The van der Waals surface area contributed by atoms with Gasteiger partial charge in [-0.25, -0.2) is 8.42 Å². The first-order valence-corrected chi connectivity index (χ1v) is 7.61. The van der Waals surface area contributed by atoms with Crippen LogP contribution in [0.5, 0.6) is 0 Å². The number of rotatable bonds is 2. The molecule has 1 heterocycles. The van der Waals surface area contributed by atoms with Crippen molar-refractivity contribution in [1.29, 1.82) is 0 Å². The molecule has 0 aromatic heterocycles. The predicted molar refractivity (Wildman–Crippen MR) is 68.7 cm³/mol. The van der Waals surface area contributed by atoms with Crippen LogP contribution in [-0.2, 0) is 10.0 Å². The Morgan fingerprint density at radius 1 is 1.24 bits per heavy atom. The van der Waals surface area contributed by atoms with Crippen LogP contribution in [-0.4, -0.2) is 25.3 Å². The highest BCUT2D eigenvalue weighted by atomic mass is 35.5. The summed E-state index contributed by atoms with van der Waals surface area (Å²) in [5, 5.41) is 0.552. The molecule has 0 radical (unpaired) electrons. The summed E-state index contributed by atoms with van der Waals surface area (Å²) in [6, 6.07) is 6.45. The van der Waals surface area contributed by atoms with Gasteiger partial charge in [0.2, 0.25) is 10.0 Å². The Balaban J connectivity index is 2.32. The van der Waals surface area contributed by atoms with Crippen molar-refractivity contribution in [3.05, 3.63) is 29.3 Å². The van der Waals surface area contributed by atoms with E-state index in [1.807, 2.05) is 6.92 Å². The first-order chi connectivity index (χ1) is 8.01. The molecule has 17 heavy (non-hydrogen) atoms. The van der Waals surface area contributed by atoms with Crippen molar-refractivity contribution in [1.82, 2.24) is 4.31 Å². The van der Waals surface area contributed by atoms with Crippen LogP contribution in [0.1, 0.15) is 26.2 Å². The Labute approximate surface area is 107 Å². The number of sulfonamides is 1. The van der Waals surface area contributed by atoms with Crippen molar-refractivity contribution < 1.29 is 8.42 Å². The van der Waals surface area contributed by atoms with Crippen molar-refractivity contribution in [2.24, 2.45) is 0 Å². The van der Waals surface area contributed by atoms with Crippen molar-refractivity contribution in [2.45, 2.75) is 37.1 Å². The van der Waals surface area contributed by atoms with Crippen LogP contribution in [0.15, 0.2) is 29.2 Å². The zero-order valence-electron chi connectivity index (χ0n) is 9.77. The second-order valence-electron chi connectivity index (χ2n) is 4.41. The largest absolute Gasteiger partial charge is 0.243 e. The lowest BCUT2D eigenvalue weighted by Crippen LogP contribution is -2.41. The molecule has 1 saturated heterocycles. The Morgan fingerprint density at radius 3 is 2.47 bits per heavy atom. The molecule has 94 valence electrons. The summed E-state index contributed by atoms with van der Waals surface area (Å²) in [4.78, 5) is 0.329. The van der Waals surface area contributed by atoms with Gasteiger partial charge in [0.25, 0.3) is 0 Å². The van der Waals surface area contributed by atoms with Crippen LogP contribution in [0, 0.1) is 0 Å². The molecule has 0 unspecified atom stereocenters. The number of piperidine rings is 1. The first-order valence-electron chi connectivity index (χ1n) is 5.79. The molecule has 0 N–H and O–H groups in total. The van der Waals surface area contributed by atoms with Crippen LogP contribution in [0.3, 0.4) is 0 Å². The van der Waals surface area contributed by atoms with Crippen LogP contribution >= 0.6 is 11.6 Å². The van der Waals surface area contributed by atoms with Gasteiger partial charge in [0.15, 0.2) is 0 Å².